The lowest BCUT2D eigenvalue weighted by Gasteiger charge is -1.98. The molecule has 0 atom stereocenters. The van der Waals surface area contributed by atoms with Gasteiger partial charge in [0.05, 0.1) is 0 Å². The number of alkyl halides is 3. The van der Waals surface area contributed by atoms with Gasteiger partial charge in [-0.1, -0.05) is 11.3 Å². The van der Waals surface area contributed by atoms with Gasteiger partial charge in [-0.25, -0.2) is 0 Å². The lowest BCUT2D eigenvalue weighted by atomic mass is 10.6. The van der Waals surface area contributed by atoms with Crippen molar-refractivity contribution in [1.82, 2.24) is 15.5 Å². The molecule has 78 valence electrons. The fourth-order valence-corrected chi connectivity index (χ4v) is 1.62. The van der Waals surface area contributed by atoms with E-state index in [1.165, 1.54) is 0 Å². The van der Waals surface area contributed by atoms with Crippen LogP contribution in [0.4, 0.5) is 13.2 Å². The number of rotatable bonds is 3. The van der Waals surface area contributed by atoms with Gasteiger partial charge in [0.1, 0.15) is 5.01 Å². The second-order valence-electron chi connectivity index (χ2n) is 3.15. The van der Waals surface area contributed by atoms with E-state index >= 15 is 0 Å². The topological polar surface area (TPSA) is 37.8 Å². The summed E-state index contributed by atoms with van der Waals surface area (Å²) in [7, 11) is 0. The molecule has 1 N–H and O–H groups in total. The van der Waals surface area contributed by atoms with Crippen molar-refractivity contribution in [1.29, 1.82) is 0 Å². The lowest BCUT2D eigenvalue weighted by molar-refractivity contribution is -0.138. The van der Waals surface area contributed by atoms with Crippen molar-refractivity contribution in [2.24, 2.45) is 0 Å². The normalized spacial score (nSPS) is 17.4. The maximum atomic E-state index is 12.1. The molecule has 3 nitrogen and oxygen atoms in total. The highest BCUT2D eigenvalue weighted by molar-refractivity contribution is 7.11. The van der Waals surface area contributed by atoms with Crippen molar-refractivity contribution in [3.8, 4) is 0 Å². The van der Waals surface area contributed by atoms with Crippen LogP contribution in [0.3, 0.4) is 0 Å². The van der Waals surface area contributed by atoms with Gasteiger partial charge in [0.15, 0.2) is 0 Å². The SMILES string of the molecule is FC(F)(F)c1nnc(CNC2CC2)s1. The van der Waals surface area contributed by atoms with E-state index in [0.29, 0.717) is 28.9 Å². The Morgan fingerprint density at radius 2 is 2.07 bits per heavy atom. The zero-order chi connectivity index (χ0) is 10.2. The summed E-state index contributed by atoms with van der Waals surface area (Å²) in [5.74, 6) is 0. The van der Waals surface area contributed by atoms with Crippen LogP contribution in [0.1, 0.15) is 22.9 Å². The number of halogens is 3. The molecule has 1 fully saturated rings. The first-order valence-corrected chi connectivity index (χ1v) is 5.00. The Morgan fingerprint density at radius 3 is 2.57 bits per heavy atom. The van der Waals surface area contributed by atoms with Crippen LogP contribution in [0.25, 0.3) is 0 Å². The molecule has 0 spiro atoms. The smallest absolute Gasteiger partial charge is 0.308 e. The van der Waals surface area contributed by atoms with E-state index in [0.717, 1.165) is 12.8 Å². The molecule has 0 radical (unpaired) electrons. The number of hydrogen-bond acceptors (Lipinski definition) is 4. The molecule has 1 saturated carbocycles. The summed E-state index contributed by atoms with van der Waals surface area (Å²) in [6.45, 7) is 0.387. The van der Waals surface area contributed by atoms with Crippen LogP contribution in [0, 0.1) is 0 Å². The first-order chi connectivity index (χ1) is 6.55. The molecule has 1 aliphatic rings. The highest BCUT2D eigenvalue weighted by Crippen LogP contribution is 2.31. The second kappa shape index (κ2) is 3.47. The molecule has 0 bridgehead atoms. The summed E-state index contributed by atoms with van der Waals surface area (Å²) in [6.07, 6.45) is -2.16. The molecule has 0 aromatic carbocycles. The van der Waals surface area contributed by atoms with Crippen molar-refractivity contribution in [2.45, 2.75) is 31.6 Å². The monoisotopic (exact) mass is 223 g/mol. The second-order valence-corrected chi connectivity index (χ2v) is 4.22. The molecule has 0 aliphatic heterocycles. The Labute approximate surface area is 82.3 Å². The fraction of sp³-hybridized carbons (Fsp3) is 0.714. The molecule has 2 rings (SSSR count). The standard InChI is InChI=1S/C7H8F3N3S/c8-7(9,10)6-13-12-5(14-6)3-11-4-1-2-4/h4,11H,1-3H2. The molecule has 0 amide bonds. The van der Waals surface area contributed by atoms with Crippen molar-refractivity contribution >= 4 is 11.3 Å². The van der Waals surface area contributed by atoms with Crippen molar-refractivity contribution in [3.63, 3.8) is 0 Å². The number of nitrogens with zero attached hydrogens (tertiary/aromatic N) is 2. The van der Waals surface area contributed by atoms with E-state index in [-0.39, 0.29) is 0 Å². The van der Waals surface area contributed by atoms with Gasteiger partial charge in [-0.2, -0.15) is 13.2 Å². The zero-order valence-corrected chi connectivity index (χ0v) is 7.95. The quantitative estimate of drug-likeness (QED) is 0.849. The molecule has 14 heavy (non-hydrogen) atoms. The molecule has 1 heterocycles. The molecular weight excluding hydrogens is 215 g/mol. The average molecular weight is 223 g/mol. The molecule has 1 aliphatic carbocycles. The molecular formula is C7H8F3N3S. The summed E-state index contributed by atoms with van der Waals surface area (Å²) in [6, 6.07) is 0.466. The van der Waals surface area contributed by atoms with Gasteiger partial charge in [-0.15, -0.1) is 10.2 Å². The summed E-state index contributed by atoms with van der Waals surface area (Å²) < 4.78 is 36.3. The van der Waals surface area contributed by atoms with E-state index in [1.807, 2.05) is 0 Å². The van der Waals surface area contributed by atoms with Crippen LogP contribution in [0.5, 0.6) is 0 Å². The van der Waals surface area contributed by atoms with E-state index in [9.17, 15) is 13.2 Å². The van der Waals surface area contributed by atoms with Crippen LogP contribution in [0.15, 0.2) is 0 Å². The molecule has 0 saturated heterocycles. The first kappa shape index (κ1) is 9.85. The maximum absolute atomic E-state index is 12.1. The third-order valence-corrected chi connectivity index (χ3v) is 2.80. The van der Waals surface area contributed by atoms with Gasteiger partial charge in [-0.3, -0.25) is 0 Å². The van der Waals surface area contributed by atoms with Crippen LogP contribution in [-0.2, 0) is 12.7 Å². The van der Waals surface area contributed by atoms with Crippen LogP contribution in [-0.4, -0.2) is 16.2 Å². The number of hydrogen-bond donors (Lipinski definition) is 1. The number of aromatic nitrogens is 2. The van der Waals surface area contributed by atoms with E-state index in [4.69, 9.17) is 0 Å². The highest BCUT2D eigenvalue weighted by atomic mass is 32.1. The van der Waals surface area contributed by atoms with Gasteiger partial charge in [0, 0.05) is 12.6 Å². The molecule has 1 aromatic heterocycles. The van der Waals surface area contributed by atoms with Crippen LogP contribution in [0.2, 0.25) is 0 Å². The predicted molar refractivity (Wildman–Crippen MR) is 44.8 cm³/mol. The summed E-state index contributed by atoms with van der Waals surface area (Å²) in [5.41, 5.74) is 0. The number of nitrogens with one attached hydrogen (secondary N) is 1. The van der Waals surface area contributed by atoms with Gasteiger partial charge in [-0.05, 0) is 12.8 Å². The Bertz CT molecular complexity index is 318. The van der Waals surface area contributed by atoms with Crippen LogP contribution >= 0.6 is 11.3 Å². The Morgan fingerprint density at radius 1 is 1.36 bits per heavy atom. The Balaban J connectivity index is 1.94. The third kappa shape index (κ3) is 2.42. The van der Waals surface area contributed by atoms with Gasteiger partial charge >= 0.3 is 6.18 Å². The van der Waals surface area contributed by atoms with Gasteiger partial charge in [0.2, 0.25) is 5.01 Å². The Hall–Kier alpha value is -0.690. The maximum Gasteiger partial charge on any atom is 0.445 e. The third-order valence-electron chi connectivity index (χ3n) is 1.83. The van der Waals surface area contributed by atoms with Crippen molar-refractivity contribution in [2.75, 3.05) is 0 Å². The van der Waals surface area contributed by atoms with Crippen molar-refractivity contribution in [3.05, 3.63) is 10.0 Å². The molecule has 1 aromatic rings. The summed E-state index contributed by atoms with van der Waals surface area (Å²) in [4.78, 5) is 0. The van der Waals surface area contributed by atoms with E-state index < -0.39 is 11.2 Å². The molecule has 0 unspecified atom stereocenters. The first-order valence-electron chi connectivity index (χ1n) is 4.18. The highest BCUT2D eigenvalue weighted by Gasteiger charge is 2.35. The largest absolute Gasteiger partial charge is 0.445 e. The van der Waals surface area contributed by atoms with Crippen LogP contribution < -0.4 is 5.32 Å². The van der Waals surface area contributed by atoms with E-state index in [2.05, 4.69) is 15.5 Å². The molecule has 7 heteroatoms. The van der Waals surface area contributed by atoms with E-state index in [1.54, 1.807) is 0 Å². The lowest BCUT2D eigenvalue weighted by Crippen LogP contribution is -2.14. The minimum absolute atomic E-state index is 0.387. The summed E-state index contributed by atoms with van der Waals surface area (Å²) in [5, 5.41) is 9.16. The fourth-order valence-electron chi connectivity index (χ4n) is 0.959. The van der Waals surface area contributed by atoms with Gasteiger partial charge < -0.3 is 5.32 Å². The van der Waals surface area contributed by atoms with Gasteiger partial charge in [0.25, 0.3) is 0 Å². The minimum Gasteiger partial charge on any atom is -0.308 e. The summed E-state index contributed by atoms with van der Waals surface area (Å²) >= 11 is 0.600. The zero-order valence-electron chi connectivity index (χ0n) is 7.14. The minimum atomic E-state index is -4.37. The average Bonchev–Trinajstić information content (AvgIpc) is 2.77. The predicted octanol–water partition coefficient (Wildman–Crippen LogP) is 1.81. The Kier molecular flexibility index (Phi) is 2.44. The van der Waals surface area contributed by atoms with Crippen molar-refractivity contribution < 1.29 is 13.2 Å².